The lowest BCUT2D eigenvalue weighted by Gasteiger charge is -2.18. The summed E-state index contributed by atoms with van der Waals surface area (Å²) >= 11 is 0. The Hall–Kier alpha value is -5.66. The summed E-state index contributed by atoms with van der Waals surface area (Å²) in [5.41, 5.74) is 9.08. The van der Waals surface area contributed by atoms with Crippen LogP contribution >= 0.6 is 0 Å². The minimum absolute atomic E-state index is 0.907. The summed E-state index contributed by atoms with van der Waals surface area (Å²) in [6, 6.07) is 56.8. The Morgan fingerprint density at radius 1 is 0.326 bits per heavy atom. The summed E-state index contributed by atoms with van der Waals surface area (Å²) in [4.78, 5) is 0. The maximum atomic E-state index is 6.53. The van der Waals surface area contributed by atoms with Gasteiger partial charge in [-0.3, -0.25) is 0 Å². The Bertz CT molecular complexity index is 2440. The van der Waals surface area contributed by atoms with Crippen LogP contribution < -0.4 is 0 Å². The van der Waals surface area contributed by atoms with Crippen LogP contribution in [0.3, 0.4) is 0 Å². The van der Waals surface area contributed by atoms with Crippen LogP contribution in [0.15, 0.2) is 162 Å². The Morgan fingerprint density at radius 2 is 0.884 bits per heavy atom. The highest BCUT2D eigenvalue weighted by Crippen LogP contribution is 2.47. The zero-order chi connectivity index (χ0) is 28.3. The van der Waals surface area contributed by atoms with Crippen molar-refractivity contribution in [3.8, 4) is 33.4 Å². The summed E-state index contributed by atoms with van der Waals surface area (Å²) in [5.74, 6) is 0. The summed E-state index contributed by atoms with van der Waals surface area (Å²) < 4.78 is 6.53. The maximum Gasteiger partial charge on any atom is 0.136 e. The van der Waals surface area contributed by atoms with Crippen LogP contribution in [0.4, 0.5) is 0 Å². The van der Waals surface area contributed by atoms with Crippen molar-refractivity contribution in [1.82, 2.24) is 0 Å². The molecule has 0 saturated heterocycles. The SMILES string of the molecule is c1ccc(-c2cc(-c3c4ccccc4c(-c4ccc5ccccc5c4)c4ccccc34)cc3oc4ccccc4c23)cc1. The first-order valence-electron chi connectivity index (χ1n) is 14.8. The fourth-order valence-electron chi connectivity index (χ4n) is 6.94. The van der Waals surface area contributed by atoms with E-state index in [9.17, 15) is 0 Å². The van der Waals surface area contributed by atoms with E-state index in [2.05, 4.69) is 152 Å². The molecule has 43 heavy (non-hydrogen) atoms. The van der Waals surface area contributed by atoms with Crippen LogP contribution in [-0.2, 0) is 0 Å². The molecule has 8 aromatic carbocycles. The molecule has 0 fully saturated rings. The normalized spacial score (nSPS) is 11.7. The Kier molecular flexibility index (Phi) is 5.27. The number of hydrogen-bond acceptors (Lipinski definition) is 1. The summed E-state index contributed by atoms with van der Waals surface area (Å²) in [5, 5.41) is 9.77. The molecule has 9 rings (SSSR count). The molecular formula is C42H26O. The summed E-state index contributed by atoms with van der Waals surface area (Å²) in [7, 11) is 0. The van der Waals surface area contributed by atoms with Gasteiger partial charge in [0, 0.05) is 10.8 Å². The van der Waals surface area contributed by atoms with Crippen LogP contribution in [0, 0.1) is 0 Å². The van der Waals surface area contributed by atoms with Crippen molar-refractivity contribution >= 4 is 54.3 Å². The molecule has 0 spiro atoms. The number of para-hydroxylation sites is 1. The summed E-state index contributed by atoms with van der Waals surface area (Å²) in [6.45, 7) is 0. The van der Waals surface area contributed by atoms with Gasteiger partial charge in [0.05, 0.1) is 0 Å². The largest absolute Gasteiger partial charge is 0.456 e. The minimum Gasteiger partial charge on any atom is -0.456 e. The Morgan fingerprint density at radius 3 is 1.58 bits per heavy atom. The fraction of sp³-hybridized carbons (Fsp3) is 0. The molecule has 1 heterocycles. The average molecular weight is 547 g/mol. The fourth-order valence-corrected chi connectivity index (χ4v) is 6.94. The smallest absolute Gasteiger partial charge is 0.136 e. The third-order valence-corrected chi connectivity index (χ3v) is 8.82. The zero-order valence-corrected chi connectivity index (χ0v) is 23.4. The van der Waals surface area contributed by atoms with Crippen LogP contribution in [0.2, 0.25) is 0 Å². The number of fused-ring (bicyclic) bond motifs is 6. The van der Waals surface area contributed by atoms with E-state index in [1.807, 2.05) is 6.07 Å². The predicted molar refractivity (Wildman–Crippen MR) is 183 cm³/mol. The van der Waals surface area contributed by atoms with Gasteiger partial charge in [0.2, 0.25) is 0 Å². The van der Waals surface area contributed by atoms with Gasteiger partial charge >= 0.3 is 0 Å². The molecule has 0 saturated carbocycles. The summed E-state index contributed by atoms with van der Waals surface area (Å²) in [6.07, 6.45) is 0. The predicted octanol–water partition coefficient (Wildman–Crippen LogP) is 12.0. The topological polar surface area (TPSA) is 13.1 Å². The van der Waals surface area contributed by atoms with E-state index in [1.165, 1.54) is 60.1 Å². The van der Waals surface area contributed by atoms with Crippen molar-refractivity contribution in [3.63, 3.8) is 0 Å². The first-order chi connectivity index (χ1) is 21.3. The van der Waals surface area contributed by atoms with Crippen LogP contribution in [0.25, 0.3) is 87.6 Å². The molecule has 200 valence electrons. The van der Waals surface area contributed by atoms with Gasteiger partial charge in [-0.05, 0) is 90.0 Å². The lowest BCUT2D eigenvalue weighted by atomic mass is 9.84. The van der Waals surface area contributed by atoms with Crippen LogP contribution in [-0.4, -0.2) is 0 Å². The van der Waals surface area contributed by atoms with Gasteiger partial charge in [0.25, 0.3) is 0 Å². The second-order valence-corrected chi connectivity index (χ2v) is 11.3. The standard InChI is InChI=1S/C42H26O/c1-2-13-28(14-3-1)37-25-31(26-39-42(37)36-20-10-11-21-38(36)43-39)41-34-18-8-6-16-32(34)40(33-17-7-9-19-35(33)41)30-23-22-27-12-4-5-15-29(27)24-30/h1-26H. The second-order valence-electron chi connectivity index (χ2n) is 11.3. The van der Waals surface area contributed by atoms with E-state index in [0.29, 0.717) is 0 Å². The van der Waals surface area contributed by atoms with Crippen molar-refractivity contribution in [2.45, 2.75) is 0 Å². The van der Waals surface area contributed by atoms with E-state index in [-0.39, 0.29) is 0 Å². The monoisotopic (exact) mass is 546 g/mol. The van der Waals surface area contributed by atoms with Gasteiger partial charge in [-0.2, -0.15) is 0 Å². The molecule has 0 unspecified atom stereocenters. The van der Waals surface area contributed by atoms with Gasteiger partial charge in [-0.1, -0.05) is 133 Å². The molecule has 0 bridgehead atoms. The van der Waals surface area contributed by atoms with Crippen molar-refractivity contribution in [2.24, 2.45) is 0 Å². The van der Waals surface area contributed by atoms with Crippen molar-refractivity contribution in [2.75, 3.05) is 0 Å². The molecule has 9 aromatic rings. The van der Waals surface area contributed by atoms with Gasteiger partial charge in [0.1, 0.15) is 11.2 Å². The quantitative estimate of drug-likeness (QED) is 0.201. The molecule has 0 atom stereocenters. The first kappa shape index (κ1) is 24.0. The molecule has 0 aliphatic carbocycles. The maximum absolute atomic E-state index is 6.53. The van der Waals surface area contributed by atoms with Gasteiger partial charge in [-0.25, -0.2) is 0 Å². The lowest BCUT2D eigenvalue weighted by Crippen LogP contribution is -1.91. The first-order valence-corrected chi connectivity index (χ1v) is 14.8. The molecule has 1 aromatic heterocycles. The highest BCUT2D eigenvalue weighted by atomic mass is 16.3. The average Bonchev–Trinajstić information content (AvgIpc) is 3.45. The number of hydrogen-bond donors (Lipinski definition) is 0. The number of benzene rings is 8. The minimum atomic E-state index is 0.907. The Labute approximate surface area is 249 Å². The van der Waals surface area contributed by atoms with Crippen LogP contribution in [0.5, 0.6) is 0 Å². The molecular weight excluding hydrogens is 520 g/mol. The second kappa shape index (κ2) is 9.44. The third kappa shape index (κ3) is 3.72. The van der Waals surface area contributed by atoms with E-state index >= 15 is 0 Å². The Balaban J connectivity index is 1.41. The zero-order valence-electron chi connectivity index (χ0n) is 23.4. The van der Waals surface area contributed by atoms with E-state index in [1.54, 1.807) is 0 Å². The van der Waals surface area contributed by atoms with Gasteiger partial charge in [0.15, 0.2) is 0 Å². The highest BCUT2D eigenvalue weighted by Gasteiger charge is 2.20. The molecule has 0 radical (unpaired) electrons. The highest BCUT2D eigenvalue weighted by molar-refractivity contribution is 6.23. The van der Waals surface area contributed by atoms with Crippen LogP contribution in [0.1, 0.15) is 0 Å². The van der Waals surface area contributed by atoms with Crippen molar-refractivity contribution in [1.29, 1.82) is 0 Å². The van der Waals surface area contributed by atoms with E-state index < -0.39 is 0 Å². The van der Waals surface area contributed by atoms with E-state index in [4.69, 9.17) is 4.42 Å². The lowest BCUT2D eigenvalue weighted by molar-refractivity contribution is 0.669. The van der Waals surface area contributed by atoms with Gasteiger partial charge < -0.3 is 4.42 Å². The van der Waals surface area contributed by atoms with Crippen molar-refractivity contribution < 1.29 is 4.42 Å². The molecule has 0 aliphatic heterocycles. The van der Waals surface area contributed by atoms with E-state index in [0.717, 1.165) is 27.5 Å². The molecule has 1 nitrogen and oxygen atoms in total. The molecule has 0 amide bonds. The molecule has 1 heteroatoms. The van der Waals surface area contributed by atoms with Crippen molar-refractivity contribution in [3.05, 3.63) is 158 Å². The number of furan rings is 1. The molecule has 0 N–H and O–H groups in total. The third-order valence-electron chi connectivity index (χ3n) is 8.82. The molecule has 0 aliphatic rings. The van der Waals surface area contributed by atoms with Gasteiger partial charge in [-0.15, -0.1) is 0 Å². The number of rotatable bonds is 3.